The van der Waals surface area contributed by atoms with Crippen molar-refractivity contribution in [3.8, 4) is 0 Å². The molecule has 0 atom stereocenters. The molecular formula is C11H16BrN. The highest BCUT2D eigenvalue weighted by Gasteiger charge is 1.97. The second-order valence-corrected chi connectivity index (χ2v) is 4.05. The van der Waals surface area contributed by atoms with Gasteiger partial charge in [-0.25, -0.2) is 0 Å². The summed E-state index contributed by atoms with van der Waals surface area (Å²) in [5.74, 6) is 0. The number of halogens is 1. The monoisotopic (exact) mass is 241 g/mol. The molecule has 0 aromatic heterocycles. The first-order valence-electron chi connectivity index (χ1n) is 4.78. The molecule has 1 rings (SSSR count). The molecule has 0 aliphatic rings. The largest absolute Gasteiger partial charge is 0.330 e. The molecule has 0 bridgehead atoms. The van der Waals surface area contributed by atoms with Crippen molar-refractivity contribution in [3.63, 3.8) is 0 Å². The number of benzene rings is 1. The maximum Gasteiger partial charge on any atom is 0.0207 e. The molecule has 0 radical (unpaired) electrons. The molecule has 0 aliphatic heterocycles. The Balaban J connectivity index is 2.32. The Hall–Kier alpha value is -0.340. The zero-order valence-electron chi connectivity index (χ0n) is 7.80. The highest BCUT2D eigenvalue weighted by atomic mass is 79.9. The van der Waals surface area contributed by atoms with Crippen molar-refractivity contribution in [3.05, 3.63) is 34.3 Å². The molecule has 2 N–H and O–H groups in total. The van der Waals surface area contributed by atoms with E-state index < -0.39 is 0 Å². The summed E-state index contributed by atoms with van der Waals surface area (Å²) in [7, 11) is 0. The smallest absolute Gasteiger partial charge is 0.0207 e. The fraction of sp³-hybridized carbons (Fsp3) is 0.455. The number of hydrogen-bond acceptors (Lipinski definition) is 1. The van der Waals surface area contributed by atoms with Crippen LogP contribution >= 0.6 is 15.9 Å². The highest BCUT2D eigenvalue weighted by molar-refractivity contribution is 9.10. The van der Waals surface area contributed by atoms with Gasteiger partial charge >= 0.3 is 0 Å². The molecule has 0 unspecified atom stereocenters. The van der Waals surface area contributed by atoms with E-state index >= 15 is 0 Å². The van der Waals surface area contributed by atoms with Gasteiger partial charge in [0.1, 0.15) is 0 Å². The van der Waals surface area contributed by atoms with E-state index in [0.717, 1.165) is 19.4 Å². The molecule has 0 spiro atoms. The zero-order chi connectivity index (χ0) is 9.52. The molecule has 0 aliphatic carbocycles. The topological polar surface area (TPSA) is 26.0 Å². The van der Waals surface area contributed by atoms with Gasteiger partial charge in [-0.1, -0.05) is 40.5 Å². The third-order valence-electron chi connectivity index (χ3n) is 2.11. The average molecular weight is 242 g/mol. The number of unbranched alkanes of at least 4 members (excludes halogenated alkanes) is 2. The standard InChI is InChI=1S/C11H16BrN/c12-11-8-4-3-7-10(11)6-2-1-5-9-13/h3-4,7-8H,1-2,5-6,9,13H2. The summed E-state index contributed by atoms with van der Waals surface area (Å²) >= 11 is 3.54. The first-order chi connectivity index (χ1) is 6.34. The van der Waals surface area contributed by atoms with Crippen molar-refractivity contribution in [1.29, 1.82) is 0 Å². The van der Waals surface area contributed by atoms with Crippen LogP contribution in [0.4, 0.5) is 0 Å². The van der Waals surface area contributed by atoms with Crippen molar-refractivity contribution >= 4 is 15.9 Å². The van der Waals surface area contributed by atoms with Crippen LogP contribution in [-0.2, 0) is 6.42 Å². The minimum atomic E-state index is 0.815. The summed E-state index contributed by atoms with van der Waals surface area (Å²) in [6, 6.07) is 8.40. The average Bonchev–Trinajstić information content (AvgIpc) is 2.15. The third kappa shape index (κ3) is 3.92. The van der Waals surface area contributed by atoms with Crippen molar-refractivity contribution in [2.45, 2.75) is 25.7 Å². The van der Waals surface area contributed by atoms with E-state index in [9.17, 15) is 0 Å². The molecular weight excluding hydrogens is 226 g/mol. The van der Waals surface area contributed by atoms with Gasteiger partial charge in [-0.2, -0.15) is 0 Å². The Kier molecular flexibility index (Phi) is 5.09. The van der Waals surface area contributed by atoms with Gasteiger partial charge in [-0.05, 0) is 37.4 Å². The third-order valence-corrected chi connectivity index (χ3v) is 2.88. The molecule has 0 saturated heterocycles. The maximum absolute atomic E-state index is 5.43. The Bertz CT molecular complexity index is 248. The molecule has 0 amide bonds. The number of nitrogens with two attached hydrogens (primary N) is 1. The van der Waals surface area contributed by atoms with Gasteiger partial charge < -0.3 is 5.73 Å². The van der Waals surface area contributed by atoms with Gasteiger partial charge in [-0.15, -0.1) is 0 Å². The normalized spacial score (nSPS) is 10.3. The fourth-order valence-electron chi connectivity index (χ4n) is 1.34. The molecule has 1 nitrogen and oxygen atoms in total. The lowest BCUT2D eigenvalue weighted by atomic mass is 10.1. The van der Waals surface area contributed by atoms with Crippen LogP contribution in [0.25, 0.3) is 0 Å². The predicted octanol–water partition coefficient (Wildman–Crippen LogP) is 3.12. The van der Waals surface area contributed by atoms with Gasteiger partial charge in [0.05, 0.1) is 0 Å². The first kappa shape index (κ1) is 10.7. The van der Waals surface area contributed by atoms with E-state index in [0.29, 0.717) is 0 Å². The van der Waals surface area contributed by atoms with Gasteiger partial charge in [0.15, 0.2) is 0 Å². The molecule has 0 heterocycles. The van der Waals surface area contributed by atoms with Gasteiger partial charge in [-0.3, -0.25) is 0 Å². The summed E-state index contributed by atoms with van der Waals surface area (Å²) in [5, 5.41) is 0. The van der Waals surface area contributed by atoms with Crippen molar-refractivity contribution in [1.82, 2.24) is 0 Å². The molecule has 1 aromatic rings. The molecule has 13 heavy (non-hydrogen) atoms. The minimum Gasteiger partial charge on any atom is -0.330 e. The van der Waals surface area contributed by atoms with Crippen LogP contribution in [0.1, 0.15) is 24.8 Å². The molecule has 1 aromatic carbocycles. The Morgan fingerprint density at radius 1 is 1.08 bits per heavy atom. The van der Waals surface area contributed by atoms with E-state index in [4.69, 9.17) is 5.73 Å². The Morgan fingerprint density at radius 2 is 1.85 bits per heavy atom. The van der Waals surface area contributed by atoms with Crippen LogP contribution in [0.2, 0.25) is 0 Å². The van der Waals surface area contributed by atoms with Crippen molar-refractivity contribution in [2.24, 2.45) is 5.73 Å². The van der Waals surface area contributed by atoms with Gasteiger partial charge in [0.2, 0.25) is 0 Å². The number of rotatable bonds is 5. The Labute approximate surface area is 88.5 Å². The first-order valence-corrected chi connectivity index (χ1v) is 5.57. The lowest BCUT2D eigenvalue weighted by molar-refractivity contribution is 0.685. The fourth-order valence-corrected chi connectivity index (χ4v) is 1.82. The van der Waals surface area contributed by atoms with Crippen LogP contribution in [0.3, 0.4) is 0 Å². The van der Waals surface area contributed by atoms with Crippen LogP contribution < -0.4 is 5.73 Å². The quantitative estimate of drug-likeness (QED) is 0.789. The van der Waals surface area contributed by atoms with E-state index in [-0.39, 0.29) is 0 Å². The van der Waals surface area contributed by atoms with Crippen LogP contribution in [0.15, 0.2) is 28.7 Å². The minimum absolute atomic E-state index is 0.815. The van der Waals surface area contributed by atoms with E-state index in [1.165, 1.54) is 22.9 Å². The molecule has 2 heteroatoms. The number of hydrogen-bond donors (Lipinski definition) is 1. The molecule has 72 valence electrons. The summed E-state index contributed by atoms with van der Waals surface area (Å²) in [6.45, 7) is 0.815. The molecule has 0 saturated carbocycles. The second kappa shape index (κ2) is 6.17. The van der Waals surface area contributed by atoms with E-state index in [1.807, 2.05) is 6.07 Å². The SMILES string of the molecule is NCCCCCc1ccccc1Br. The molecule has 0 fully saturated rings. The summed E-state index contributed by atoms with van der Waals surface area (Å²) in [5.41, 5.74) is 6.83. The highest BCUT2D eigenvalue weighted by Crippen LogP contribution is 2.18. The summed E-state index contributed by atoms with van der Waals surface area (Å²) in [4.78, 5) is 0. The van der Waals surface area contributed by atoms with E-state index in [1.54, 1.807) is 0 Å². The maximum atomic E-state index is 5.43. The zero-order valence-corrected chi connectivity index (χ0v) is 9.39. The summed E-state index contributed by atoms with van der Waals surface area (Å²) in [6.07, 6.45) is 4.77. The summed E-state index contributed by atoms with van der Waals surface area (Å²) < 4.78 is 1.22. The van der Waals surface area contributed by atoms with Gasteiger partial charge in [0, 0.05) is 4.47 Å². The predicted molar refractivity (Wildman–Crippen MR) is 60.8 cm³/mol. The van der Waals surface area contributed by atoms with Gasteiger partial charge in [0.25, 0.3) is 0 Å². The lowest BCUT2D eigenvalue weighted by Gasteiger charge is -2.03. The second-order valence-electron chi connectivity index (χ2n) is 3.19. The lowest BCUT2D eigenvalue weighted by Crippen LogP contribution is -1.98. The van der Waals surface area contributed by atoms with Crippen molar-refractivity contribution in [2.75, 3.05) is 6.54 Å². The van der Waals surface area contributed by atoms with Crippen LogP contribution in [0, 0.1) is 0 Å². The van der Waals surface area contributed by atoms with Crippen LogP contribution in [-0.4, -0.2) is 6.54 Å². The van der Waals surface area contributed by atoms with Crippen LogP contribution in [0.5, 0.6) is 0 Å². The van der Waals surface area contributed by atoms with Crippen molar-refractivity contribution < 1.29 is 0 Å². The Morgan fingerprint density at radius 3 is 2.54 bits per heavy atom. The number of aryl methyl sites for hydroxylation is 1. The van der Waals surface area contributed by atoms with E-state index in [2.05, 4.69) is 34.1 Å².